The summed E-state index contributed by atoms with van der Waals surface area (Å²) < 4.78 is 37.6. The summed E-state index contributed by atoms with van der Waals surface area (Å²) in [6.45, 7) is 0. The van der Waals surface area contributed by atoms with E-state index < -0.39 is 22.4 Å². The van der Waals surface area contributed by atoms with Gasteiger partial charge in [0, 0.05) is 41.3 Å². The lowest BCUT2D eigenvalue weighted by molar-refractivity contribution is -0.133. The van der Waals surface area contributed by atoms with E-state index >= 15 is 0 Å². The zero-order chi connectivity index (χ0) is 15.9. The first kappa shape index (κ1) is 15.6. The number of carbonyl (C=O) groups excluding carboxylic acids is 1. The van der Waals surface area contributed by atoms with Crippen LogP contribution in [0.25, 0.3) is 0 Å². The van der Waals surface area contributed by atoms with Crippen LogP contribution in [-0.2, 0) is 15.6 Å². The van der Waals surface area contributed by atoms with Gasteiger partial charge >= 0.3 is 0 Å². The van der Waals surface area contributed by atoms with Crippen molar-refractivity contribution in [3.05, 3.63) is 35.4 Å². The van der Waals surface area contributed by atoms with Gasteiger partial charge in [0.05, 0.1) is 0 Å². The van der Waals surface area contributed by atoms with Gasteiger partial charge in [-0.05, 0) is 42.9 Å². The Bertz CT molecular complexity index is 612. The number of rotatable bonds is 3. The lowest BCUT2D eigenvalue weighted by Crippen LogP contribution is -2.42. The van der Waals surface area contributed by atoms with Gasteiger partial charge in [-0.2, -0.15) is 0 Å². The zero-order valence-corrected chi connectivity index (χ0v) is 13.2. The fraction of sp³-hybridized carbons (Fsp3) is 0.562. The summed E-state index contributed by atoms with van der Waals surface area (Å²) in [5, 5.41) is 0. The minimum Gasteiger partial charge on any atom is -0.342 e. The maximum Gasteiger partial charge on any atom is 0.226 e. The molecule has 1 aromatic rings. The molecule has 1 amide bonds. The maximum atomic E-state index is 13.3. The summed E-state index contributed by atoms with van der Waals surface area (Å²) >= 11 is 0. The second-order valence-electron chi connectivity index (χ2n) is 6.15. The summed E-state index contributed by atoms with van der Waals surface area (Å²) in [6, 6.07) is 4.01. The van der Waals surface area contributed by atoms with E-state index in [-0.39, 0.29) is 23.8 Å². The number of carbonyl (C=O) groups is 1. The minimum absolute atomic E-state index is 0.0113. The highest BCUT2D eigenvalue weighted by Crippen LogP contribution is 2.48. The van der Waals surface area contributed by atoms with E-state index in [1.807, 2.05) is 0 Å². The molecule has 6 heteroatoms. The SMILES string of the molecule is CN(C(=O)[C@H]1C[C@H]1c1ccc(F)c(F)c1)C1CCS(=O)CC1. The molecule has 2 aliphatic rings. The third-order valence-corrected chi connectivity index (χ3v) is 6.11. The first-order chi connectivity index (χ1) is 10.5. The first-order valence-electron chi connectivity index (χ1n) is 7.54. The average molecular weight is 327 g/mol. The van der Waals surface area contributed by atoms with Crippen LogP contribution in [0.3, 0.4) is 0 Å². The molecule has 0 bridgehead atoms. The van der Waals surface area contributed by atoms with E-state index in [9.17, 15) is 17.8 Å². The van der Waals surface area contributed by atoms with Crippen molar-refractivity contribution in [1.29, 1.82) is 0 Å². The maximum absolute atomic E-state index is 13.3. The molecule has 2 atom stereocenters. The Hall–Kier alpha value is -1.30. The molecular formula is C16H19F2NO2S. The molecule has 2 fully saturated rings. The van der Waals surface area contributed by atoms with Gasteiger partial charge < -0.3 is 4.90 Å². The predicted molar refractivity (Wildman–Crippen MR) is 80.9 cm³/mol. The van der Waals surface area contributed by atoms with Gasteiger partial charge in [-0.3, -0.25) is 9.00 Å². The molecule has 120 valence electrons. The largest absolute Gasteiger partial charge is 0.342 e. The fourth-order valence-corrected chi connectivity index (χ4v) is 4.46. The quantitative estimate of drug-likeness (QED) is 0.855. The number of nitrogens with zero attached hydrogens (tertiary/aromatic N) is 1. The topological polar surface area (TPSA) is 37.4 Å². The molecule has 0 spiro atoms. The van der Waals surface area contributed by atoms with Crippen molar-refractivity contribution in [2.45, 2.75) is 31.2 Å². The summed E-state index contributed by atoms with van der Waals surface area (Å²) in [4.78, 5) is 14.3. The Morgan fingerprint density at radius 1 is 1.23 bits per heavy atom. The number of hydrogen-bond acceptors (Lipinski definition) is 2. The van der Waals surface area contributed by atoms with Gasteiger partial charge in [0.15, 0.2) is 11.6 Å². The number of amides is 1. The third kappa shape index (κ3) is 3.07. The Labute approximate surface area is 131 Å². The molecule has 1 aromatic carbocycles. The highest BCUT2D eigenvalue weighted by atomic mass is 32.2. The highest BCUT2D eigenvalue weighted by Gasteiger charge is 2.46. The van der Waals surface area contributed by atoms with Crippen LogP contribution in [-0.4, -0.2) is 39.6 Å². The van der Waals surface area contributed by atoms with Crippen LogP contribution in [0, 0.1) is 17.6 Å². The Morgan fingerprint density at radius 2 is 1.91 bits per heavy atom. The Kier molecular flexibility index (Phi) is 4.30. The molecule has 1 heterocycles. The van der Waals surface area contributed by atoms with Crippen LogP contribution < -0.4 is 0 Å². The van der Waals surface area contributed by atoms with Crippen molar-refractivity contribution >= 4 is 16.7 Å². The molecule has 1 aliphatic heterocycles. The van der Waals surface area contributed by atoms with Gasteiger partial charge in [0.25, 0.3) is 0 Å². The van der Waals surface area contributed by atoms with Crippen LogP contribution >= 0.6 is 0 Å². The summed E-state index contributed by atoms with van der Waals surface area (Å²) in [5.41, 5.74) is 0.690. The predicted octanol–water partition coefficient (Wildman–Crippen LogP) is 2.44. The van der Waals surface area contributed by atoms with Crippen molar-refractivity contribution in [2.24, 2.45) is 5.92 Å². The molecule has 3 nitrogen and oxygen atoms in total. The zero-order valence-electron chi connectivity index (χ0n) is 12.4. The summed E-state index contributed by atoms with van der Waals surface area (Å²) in [6.07, 6.45) is 2.24. The van der Waals surface area contributed by atoms with Gasteiger partial charge in [-0.15, -0.1) is 0 Å². The van der Waals surface area contributed by atoms with E-state index in [4.69, 9.17) is 0 Å². The molecule has 0 N–H and O–H groups in total. The van der Waals surface area contributed by atoms with Gasteiger partial charge in [-0.1, -0.05) is 6.07 Å². The molecule has 0 unspecified atom stereocenters. The number of halogens is 2. The minimum atomic E-state index is -0.862. The lowest BCUT2D eigenvalue weighted by atomic mass is 10.1. The first-order valence-corrected chi connectivity index (χ1v) is 9.02. The van der Waals surface area contributed by atoms with Crippen molar-refractivity contribution in [3.8, 4) is 0 Å². The normalized spacial score (nSPS) is 30.9. The van der Waals surface area contributed by atoms with Crippen LogP contribution in [0.2, 0.25) is 0 Å². The third-order valence-electron chi connectivity index (χ3n) is 4.73. The van der Waals surface area contributed by atoms with Gasteiger partial charge in [0.2, 0.25) is 5.91 Å². The second kappa shape index (κ2) is 6.07. The van der Waals surface area contributed by atoms with Crippen LogP contribution in [0.5, 0.6) is 0 Å². The Morgan fingerprint density at radius 3 is 2.55 bits per heavy atom. The van der Waals surface area contributed by atoms with E-state index in [0.717, 1.165) is 18.9 Å². The van der Waals surface area contributed by atoms with Crippen LogP contribution in [0.1, 0.15) is 30.7 Å². The summed E-state index contributed by atoms with van der Waals surface area (Å²) in [5.74, 6) is -0.505. The smallest absolute Gasteiger partial charge is 0.226 e. The van der Waals surface area contributed by atoms with Crippen molar-refractivity contribution in [3.63, 3.8) is 0 Å². The lowest BCUT2D eigenvalue weighted by Gasteiger charge is -2.31. The average Bonchev–Trinajstić information content (AvgIpc) is 3.30. The molecule has 3 rings (SSSR count). The van der Waals surface area contributed by atoms with Crippen molar-refractivity contribution in [1.82, 2.24) is 4.90 Å². The van der Waals surface area contributed by atoms with Crippen molar-refractivity contribution < 1.29 is 17.8 Å². The van der Waals surface area contributed by atoms with Crippen LogP contribution in [0.15, 0.2) is 18.2 Å². The highest BCUT2D eigenvalue weighted by molar-refractivity contribution is 7.85. The molecule has 0 radical (unpaired) electrons. The van der Waals surface area contributed by atoms with Crippen LogP contribution in [0.4, 0.5) is 8.78 Å². The Balaban J connectivity index is 1.62. The van der Waals surface area contributed by atoms with Gasteiger partial charge in [-0.25, -0.2) is 8.78 Å². The van der Waals surface area contributed by atoms with E-state index in [2.05, 4.69) is 0 Å². The van der Waals surface area contributed by atoms with E-state index in [0.29, 0.717) is 23.5 Å². The standard InChI is InChI=1S/C16H19F2NO2S/c1-19(11-4-6-22(21)7-5-11)16(20)13-9-12(13)10-2-3-14(17)15(18)8-10/h2-3,8,11-13H,4-7,9H2,1H3/t11?,12-,13-,22?/m0/s1. The van der Waals surface area contributed by atoms with Gasteiger partial charge in [0.1, 0.15) is 0 Å². The number of hydrogen-bond donors (Lipinski definition) is 0. The fourth-order valence-electron chi connectivity index (χ4n) is 3.19. The molecule has 1 saturated heterocycles. The molecule has 22 heavy (non-hydrogen) atoms. The summed E-state index contributed by atoms with van der Waals surface area (Å²) in [7, 11) is 1.05. The van der Waals surface area contributed by atoms with E-state index in [1.54, 1.807) is 18.0 Å². The van der Waals surface area contributed by atoms with Crippen molar-refractivity contribution in [2.75, 3.05) is 18.6 Å². The second-order valence-corrected chi connectivity index (χ2v) is 7.85. The molecule has 0 aromatic heterocycles. The number of benzene rings is 1. The molecular weight excluding hydrogens is 308 g/mol. The van der Waals surface area contributed by atoms with E-state index in [1.165, 1.54) is 6.07 Å². The molecule has 1 aliphatic carbocycles. The monoisotopic (exact) mass is 327 g/mol. The molecule has 1 saturated carbocycles.